The molecule has 4 heteroatoms. The summed E-state index contributed by atoms with van der Waals surface area (Å²) in [5.41, 5.74) is 8.29. The zero-order chi connectivity index (χ0) is 6.78. The predicted molar refractivity (Wildman–Crippen MR) is 37.7 cm³/mol. The summed E-state index contributed by atoms with van der Waals surface area (Å²) in [7, 11) is -1.26. The third-order valence-corrected chi connectivity index (χ3v) is 3.51. The van der Waals surface area contributed by atoms with E-state index in [0.29, 0.717) is 0 Å². The Morgan fingerprint density at radius 2 is 1.88 bits per heavy atom. The van der Waals surface area contributed by atoms with Gasteiger partial charge in [-0.3, -0.25) is 0 Å². The average Bonchev–Trinajstić information content (AvgIpc) is 1.62. The van der Waals surface area contributed by atoms with Crippen LogP contribution in [0.25, 0.3) is 5.53 Å². The number of nitrogens with zero attached hydrogens (tertiary/aromatic N) is 2. The maximum absolute atomic E-state index is 8.29. The SMILES string of the molecule is [Li][C](=[N+]=[N-])[Si](C)(C)C. The minimum absolute atomic E-state index is 0.900. The summed E-state index contributed by atoms with van der Waals surface area (Å²) >= 11 is 1.87. The fourth-order valence-corrected chi connectivity index (χ4v) is 0.450. The third-order valence-electron chi connectivity index (χ3n) is 1.24. The molecule has 0 rings (SSSR count). The van der Waals surface area contributed by atoms with E-state index in [-0.39, 0.29) is 0 Å². The van der Waals surface area contributed by atoms with Crippen molar-refractivity contribution in [3.8, 4) is 0 Å². The topological polar surface area (TPSA) is 36.4 Å². The van der Waals surface area contributed by atoms with Crippen LogP contribution in [0.5, 0.6) is 0 Å². The van der Waals surface area contributed by atoms with Crippen LogP contribution in [0.4, 0.5) is 0 Å². The molecule has 2 nitrogen and oxygen atoms in total. The fraction of sp³-hybridized carbons (Fsp3) is 0.750. The molecule has 0 aliphatic carbocycles. The minimum atomic E-state index is -1.26. The van der Waals surface area contributed by atoms with Crippen molar-refractivity contribution < 1.29 is 4.79 Å². The molecule has 0 bridgehead atoms. The first-order valence-electron chi connectivity index (χ1n) is 2.67. The van der Waals surface area contributed by atoms with Gasteiger partial charge in [-0.15, -0.1) is 0 Å². The van der Waals surface area contributed by atoms with Crippen LogP contribution in [0.1, 0.15) is 0 Å². The molecule has 0 unspecified atom stereocenters. The Hall–Kier alpha value is 0.194. The molecule has 0 aromatic heterocycles. The first kappa shape index (κ1) is 8.19. The van der Waals surface area contributed by atoms with E-state index in [1.165, 1.54) is 0 Å². The van der Waals surface area contributed by atoms with E-state index in [1.807, 2.05) is 17.7 Å². The molecule has 0 saturated carbocycles. The molecule has 0 aromatic rings. The van der Waals surface area contributed by atoms with Crippen LogP contribution < -0.4 is 0 Å². The molecule has 0 heterocycles. The summed E-state index contributed by atoms with van der Waals surface area (Å²) in [5.74, 6) is 0. The van der Waals surface area contributed by atoms with Gasteiger partial charge in [0, 0.05) is 0 Å². The normalized spacial score (nSPS) is 10.6. The molecule has 0 saturated heterocycles. The Balaban J connectivity index is 4.26. The summed E-state index contributed by atoms with van der Waals surface area (Å²) in [4.78, 5) is 3.14. The Morgan fingerprint density at radius 1 is 1.50 bits per heavy atom. The molecule has 0 amide bonds. The zero-order valence-corrected chi connectivity index (χ0v) is 6.89. The van der Waals surface area contributed by atoms with Crippen molar-refractivity contribution in [1.82, 2.24) is 0 Å². The molecular formula is C4H9LiN2Si. The van der Waals surface area contributed by atoms with Gasteiger partial charge in [0.15, 0.2) is 0 Å². The molecule has 8 heavy (non-hydrogen) atoms. The molecular weight excluding hydrogens is 111 g/mol. The van der Waals surface area contributed by atoms with Gasteiger partial charge in [0.05, 0.1) is 0 Å². The predicted octanol–water partition coefficient (Wildman–Crippen LogP) is 0.661. The summed E-state index contributed by atoms with van der Waals surface area (Å²) in [5, 5.41) is 0. The second-order valence-corrected chi connectivity index (χ2v) is 8.16. The third kappa shape index (κ3) is 2.49. The van der Waals surface area contributed by atoms with Crippen molar-refractivity contribution in [2.24, 2.45) is 0 Å². The van der Waals surface area contributed by atoms with Crippen molar-refractivity contribution in [2.45, 2.75) is 19.6 Å². The molecule has 0 fully saturated rings. The molecule has 0 aliphatic rings. The number of rotatable bonds is 1. The monoisotopic (exact) mass is 120 g/mol. The first-order chi connectivity index (χ1) is 3.48. The van der Waals surface area contributed by atoms with Crippen molar-refractivity contribution in [2.75, 3.05) is 0 Å². The maximum atomic E-state index is 8.29. The number of hydrogen-bond donors (Lipinski definition) is 0. The van der Waals surface area contributed by atoms with Gasteiger partial charge in [0.25, 0.3) is 0 Å². The fourth-order valence-electron chi connectivity index (χ4n) is 0.150. The van der Waals surface area contributed by atoms with Crippen LogP contribution >= 0.6 is 0 Å². The van der Waals surface area contributed by atoms with Crippen LogP contribution in [0.15, 0.2) is 0 Å². The second-order valence-electron chi connectivity index (χ2n) is 2.94. The van der Waals surface area contributed by atoms with Crippen LogP contribution in [-0.2, 0) is 0 Å². The second kappa shape index (κ2) is 2.66. The van der Waals surface area contributed by atoms with E-state index in [1.54, 1.807) is 0 Å². The Kier molecular flexibility index (Phi) is 2.72. The van der Waals surface area contributed by atoms with E-state index in [9.17, 15) is 0 Å². The molecule has 40 valence electrons. The van der Waals surface area contributed by atoms with Crippen LogP contribution in [-0.4, -0.2) is 34.6 Å². The summed E-state index contributed by atoms with van der Waals surface area (Å²) in [6.45, 7) is 6.42. The Morgan fingerprint density at radius 3 is 1.88 bits per heavy atom. The van der Waals surface area contributed by atoms with Gasteiger partial charge >= 0.3 is 59.8 Å². The molecule has 0 aliphatic heterocycles. The van der Waals surface area contributed by atoms with E-state index in [2.05, 4.69) is 24.4 Å². The van der Waals surface area contributed by atoms with Crippen molar-refractivity contribution in [3.63, 3.8) is 0 Å². The van der Waals surface area contributed by atoms with E-state index < -0.39 is 8.07 Å². The van der Waals surface area contributed by atoms with Gasteiger partial charge in [0.1, 0.15) is 0 Å². The quantitative estimate of drug-likeness (QED) is 0.211. The van der Waals surface area contributed by atoms with Crippen molar-refractivity contribution in [3.05, 3.63) is 5.53 Å². The average molecular weight is 120 g/mol. The molecule has 0 spiro atoms. The number of hydrogen-bond acceptors (Lipinski definition) is 0. The van der Waals surface area contributed by atoms with Crippen LogP contribution in [0, 0.1) is 0 Å². The Bertz CT molecular complexity index is 131. The first-order valence-corrected chi connectivity index (χ1v) is 6.17. The molecule has 0 atom stereocenters. The van der Waals surface area contributed by atoms with Crippen LogP contribution in [0.3, 0.4) is 0 Å². The molecule has 0 radical (unpaired) electrons. The van der Waals surface area contributed by atoms with Crippen LogP contribution in [0.2, 0.25) is 19.6 Å². The van der Waals surface area contributed by atoms with Gasteiger partial charge in [-0.25, -0.2) is 0 Å². The van der Waals surface area contributed by atoms with Gasteiger partial charge in [0.2, 0.25) is 0 Å². The van der Waals surface area contributed by atoms with Crippen molar-refractivity contribution >= 4 is 29.8 Å². The Labute approximate surface area is 60.1 Å². The van der Waals surface area contributed by atoms with Crippen molar-refractivity contribution in [1.29, 1.82) is 0 Å². The summed E-state index contributed by atoms with van der Waals surface area (Å²) in [6.07, 6.45) is 0. The van der Waals surface area contributed by atoms with Gasteiger partial charge in [-0.1, -0.05) is 0 Å². The zero-order valence-electron chi connectivity index (χ0n) is 5.89. The van der Waals surface area contributed by atoms with Gasteiger partial charge in [-0.2, -0.15) is 0 Å². The summed E-state index contributed by atoms with van der Waals surface area (Å²) < 4.78 is 0.900. The van der Waals surface area contributed by atoms with E-state index >= 15 is 0 Å². The standard InChI is InChI=1S/C4H9N2Si.Li/c1-7(2,3)4-6-5;/h1-3H3;. The van der Waals surface area contributed by atoms with E-state index in [4.69, 9.17) is 5.53 Å². The molecule has 0 aromatic carbocycles. The van der Waals surface area contributed by atoms with E-state index in [0.717, 1.165) is 4.01 Å². The van der Waals surface area contributed by atoms with Gasteiger partial charge in [-0.05, 0) is 0 Å². The molecule has 0 N–H and O–H groups in total. The summed E-state index contributed by atoms with van der Waals surface area (Å²) in [6, 6.07) is 0. The van der Waals surface area contributed by atoms with Gasteiger partial charge < -0.3 is 0 Å².